The number of thiophene rings is 1. The second-order valence-electron chi connectivity index (χ2n) is 6.12. The summed E-state index contributed by atoms with van der Waals surface area (Å²) in [6.07, 6.45) is 4.76. The van der Waals surface area contributed by atoms with Crippen LogP contribution >= 0.6 is 22.9 Å². The smallest absolute Gasteiger partial charge is 0.150 e. The van der Waals surface area contributed by atoms with Crippen LogP contribution in [0.15, 0.2) is 30.6 Å². The van der Waals surface area contributed by atoms with Crippen LogP contribution in [-0.4, -0.2) is 22.1 Å². The van der Waals surface area contributed by atoms with Crippen LogP contribution in [0.4, 0.5) is 0 Å². The molecule has 0 spiro atoms. The number of pyridine rings is 1. The van der Waals surface area contributed by atoms with Crippen LogP contribution in [0.2, 0.25) is 5.15 Å². The van der Waals surface area contributed by atoms with Crippen LogP contribution in [-0.2, 0) is 12.8 Å². The number of ether oxygens (including phenoxy) is 1. The first-order valence-electron chi connectivity index (χ1n) is 8.15. The summed E-state index contributed by atoms with van der Waals surface area (Å²) in [6.45, 7) is 0. The van der Waals surface area contributed by atoms with E-state index in [-0.39, 0.29) is 0 Å². The molecule has 0 amide bonds. The molecule has 0 saturated carbocycles. The summed E-state index contributed by atoms with van der Waals surface area (Å²) in [6, 6.07) is 8.22. The molecule has 0 radical (unpaired) electrons. The fourth-order valence-corrected chi connectivity index (χ4v) is 4.93. The van der Waals surface area contributed by atoms with Gasteiger partial charge in [-0.3, -0.25) is 0 Å². The number of halogens is 1. The highest BCUT2D eigenvalue weighted by molar-refractivity contribution is 7.26. The van der Waals surface area contributed by atoms with Crippen molar-refractivity contribution in [1.82, 2.24) is 15.0 Å². The summed E-state index contributed by atoms with van der Waals surface area (Å²) >= 11 is 7.89. The second kappa shape index (κ2) is 5.64. The summed E-state index contributed by atoms with van der Waals surface area (Å²) in [5.74, 6) is 0.853. The molecule has 1 aromatic carbocycles. The van der Waals surface area contributed by atoms with E-state index in [2.05, 4.69) is 22.1 Å². The molecular formula is C19H14ClN3OS. The van der Waals surface area contributed by atoms with Gasteiger partial charge in [-0.2, -0.15) is 0 Å². The van der Waals surface area contributed by atoms with Crippen LogP contribution in [0.5, 0.6) is 5.75 Å². The molecule has 4 nitrogen and oxygen atoms in total. The molecule has 0 atom stereocenters. The Morgan fingerprint density at radius 1 is 1.12 bits per heavy atom. The third-order valence-corrected chi connectivity index (χ3v) is 6.24. The van der Waals surface area contributed by atoms with Gasteiger partial charge in [0, 0.05) is 11.1 Å². The maximum Gasteiger partial charge on any atom is 0.150 e. The predicted molar refractivity (Wildman–Crippen MR) is 102 cm³/mol. The molecule has 0 N–H and O–H groups in total. The zero-order valence-corrected chi connectivity index (χ0v) is 15.1. The first kappa shape index (κ1) is 15.0. The minimum atomic E-state index is 0.494. The maximum atomic E-state index is 6.31. The van der Waals surface area contributed by atoms with E-state index in [1.165, 1.54) is 28.7 Å². The van der Waals surface area contributed by atoms with Crippen molar-refractivity contribution >= 4 is 43.4 Å². The zero-order chi connectivity index (χ0) is 17.0. The monoisotopic (exact) mass is 367 g/mol. The van der Waals surface area contributed by atoms with Gasteiger partial charge in [0.05, 0.1) is 17.3 Å². The van der Waals surface area contributed by atoms with Crippen molar-refractivity contribution in [2.45, 2.75) is 19.3 Å². The SMILES string of the molecule is COc1ccc(-c2c3c(nc4sc5c(Cl)ncnc5c24)CCC3)cc1. The van der Waals surface area contributed by atoms with Gasteiger partial charge in [-0.15, -0.1) is 11.3 Å². The number of benzene rings is 1. The molecule has 0 fully saturated rings. The fourth-order valence-electron chi connectivity index (χ4n) is 3.64. The number of rotatable bonds is 2. The van der Waals surface area contributed by atoms with Crippen molar-refractivity contribution in [2.75, 3.05) is 7.11 Å². The van der Waals surface area contributed by atoms with Gasteiger partial charge in [0.25, 0.3) is 0 Å². The second-order valence-corrected chi connectivity index (χ2v) is 7.48. The minimum Gasteiger partial charge on any atom is -0.497 e. The van der Waals surface area contributed by atoms with E-state index in [1.54, 1.807) is 18.4 Å². The molecule has 6 heteroatoms. The molecule has 3 aromatic heterocycles. The van der Waals surface area contributed by atoms with Gasteiger partial charge >= 0.3 is 0 Å². The Balaban J connectivity index is 1.91. The highest BCUT2D eigenvalue weighted by Crippen LogP contribution is 2.44. The number of aryl methyl sites for hydroxylation is 1. The van der Waals surface area contributed by atoms with E-state index in [4.69, 9.17) is 21.3 Å². The van der Waals surface area contributed by atoms with Crippen LogP contribution in [0.3, 0.4) is 0 Å². The maximum absolute atomic E-state index is 6.31. The quantitative estimate of drug-likeness (QED) is 0.465. The third-order valence-electron chi connectivity index (χ3n) is 4.77. The third kappa shape index (κ3) is 2.23. The number of hydrogen-bond acceptors (Lipinski definition) is 5. The van der Waals surface area contributed by atoms with E-state index in [0.29, 0.717) is 5.15 Å². The summed E-state index contributed by atoms with van der Waals surface area (Å²) in [5, 5.41) is 1.59. The highest BCUT2D eigenvalue weighted by Gasteiger charge is 2.24. The molecule has 5 rings (SSSR count). The van der Waals surface area contributed by atoms with Gasteiger partial charge in [-0.25, -0.2) is 15.0 Å². The van der Waals surface area contributed by atoms with Gasteiger partial charge in [0.1, 0.15) is 22.1 Å². The van der Waals surface area contributed by atoms with E-state index in [1.807, 2.05) is 12.1 Å². The lowest BCUT2D eigenvalue weighted by Crippen LogP contribution is -1.94. The Morgan fingerprint density at radius 3 is 2.76 bits per heavy atom. The summed E-state index contributed by atoms with van der Waals surface area (Å²) in [5.41, 5.74) is 5.84. The lowest BCUT2D eigenvalue weighted by molar-refractivity contribution is 0.415. The van der Waals surface area contributed by atoms with E-state index in [9.17, 15) is 0 Å². The number of aromatic nitrogens is 3. The fraction of sp³-hybridized carbons (Fsp3) is 0.211. The van der Waals surface area contributed by atoms with Crippen molar-refractivity contribution in [3.63, 3.8) is 0 Å². The summed E-state index contributed by atoms with van der Waals surface area (Å²) in [7, 11) is 1.68. The average Bonchev–Trinajstić information content (AvgIpc) is 3.25. The normalized spacial score (nSPS) is 13.5. The number of methoxy groups -OCH3 is 1. The molecule has 3 heterocycles. The molecular weight excluding hydrogens is 354 g/mol. The molecule has 0 bridgehead atoms. The minimum absolute atomic E-state index is 0.494. The largest absolute Gasteiger partial charge is 0.497 e. The van der Waals surface area contributed by atoms with E-state index in [0.717, 1.165) is 45.4 Å². The first-order valence-corrected chi connectivity index (χ1v) is 9.34. The van der Waals surface area contributed by atoms with Crippen LogP contribution in [0.25, 0.3) is 31.6 Å². The Labute approximate surface area is 153 Å². The molecule has 0 aliphatic heterocycles. The Hall–Kier alpha value is -2.24. The van der Waals surface area contributed by atoms with Crippen molar-refractivity contribution in [3.05, 3.63) is 47.0 Å². The molecule has 4 aromatic rings. The summed E-state index contributed by atoms with van der Waals surface area (Å²) < 4.78 is 6.22. The van der Waals surface area contributed by atoms with Gasteiger partial charge < -0.3 is 4.74 Å². The van der Waals surface area contributed by atoms with Crippen molar-refractivity contribution in [3.8, 4) is 16.9 Å². The Morgan fingerprint density at radius 2 is 1.96 bits per heavy atom. The molecule has 1 aliphatic rings. The average molecular weight is 368 g/mol. The number of nitrogens with zero attached hydrogens (tertiary/aromatic N) is 3. The van der Waals surface area contributed by atoms with Gasteiger partial charge in [-0.1, -0.05) is 23.7 Å². The standard InChI is InChI=1S/C19H14ClN3OS/c1-24-11-7-5-10(6-8-11)14-12-3-2-4-13(12)23-19-15(14)16-17(25-19)18(20)22-9-21-16/h5-9H,2-4H2,1H3. The van der Waals surface area contributed by atoms with Crippen molar-refractivity contribution < 1.29 is 4.74 Å². The topological polar surface area (TPSA) is 47.9 Å². The predicted octanol–water partition coefficient (Wildman–Crippen LogP) is 5.06. The first-order chi connectivity index (χ1) is 12.3. The zero-order valence-electron chi connectivity index (χ0n) is 13.5. The molecule has 124 valence electrons. The van der Waals surface area contributed by atoms with E-state index < -0.39 is 0 Å². The molecule has 1 aliphatic carbocycles. The van der Waals surface area contributed by atoms with Crippen molar-refractivity contribution in [1.29, 1.82) is 0 Å². The van der Waals surface area contributed by atoms with Gasteiger partial charge in [-0.05, 0) is 48.1 Å². The van der Waals surface area contributed by atoms with Crippen LogP contribution in [0.1, 0.15) is 17.7 Å². The summed E-state index contributed by atoms with van der Waals surface area (Å²) in [4.78, 5) is 14.6. The highest BCUT2D eigenvalue weighted by atomic mass is 35.5. The van der Waals surface area contributed by atoms with Crippen LogP contribution < -0.4 is 4.74 Å². The lowest BCUT2D eigenvalue weighted by atomic mass is 9.96. The van der Waals surface area contributed by atoms with Gasteiger partial charge in [0.15, 0.2) is 0 Å². The van der Waals surface area contributed by atoms with Crippen molar-refractivity contribution in [2.24, 2.45) is 0 Å². The Kier molecular flexibility index (Phi) is 3.40. The molecule has 0 unspecified atom stereocenters. The van der Waals surface area contributed by atoms with Gasteiger partial charge in [0.2, 0.25) is 0 Å². The van der Waals surface area contributed by atoms with Crippen LogP contribution in [0, 0.1) is 0 Å². The molecule has 0 saturated heterocycles. The molecule has 25 heavy (non-hydrogen) atoms. The van der Waals surface area contributed by atoms with E-state index >= 15 is 0 Å². The number of fused-ring (bicyclic) bond motifs is 4. The Bertz CT molecular complexity index is 1120. The lowest BCUT2D eigenvalue weighted by Gasteiger charge is -2.11. The number of hydrogen-bond donors (Lipinski definition) is 0.